The fourth-order valence-electron chi connectivity index (χ4n) is 2.98. The molecule has 2 atom stereocenters. The molecule has 2 unspecified atom stereocenters. The van der Waals surface area contributed by atoms with Gasteiger partial charge in [-0.1, -0.05) is 25.1 Å². The summed E-state index contributed by atoms with van der Waals surface area (Å²) in [4.78, 5) is 24.6. The van der Waals surface area contributed by atoms with Crippen molar-refractivity contribution in [3.63, 3.8) is 0 Å². The Morgan fingerprint density at radius 2 is 1.79 bits per heavy atom. The number of para-hydroxylation sites is 1. The second-order valence-corrected chi connectivity index (χ2v) is 6.67. The number of hydrogen-bond donors (Lipinski definition) is 2. The molecule has 1 aliphatic rings. The van der Waals surface area contributed by atoms with Crippen LogP contribution in [0.4, 0.5) is 18.9 Å². The van der Waals surface area contributed by atoms with Gasteiger partial charge in [-0.2, -0.15) is 13.2 Å². The maximum atomic E-state index is 12.7. The molecule has 0 saturated heterocycles. The fraction of sp³-hybridized carbons (Fsp3) is 0.300. The zero-order valence-electron chi connectivity index (χ0n) is 15.3. The van der Waals surface area contributed by atoms with Gasteiger partial charge in [0.05, 0.1) is 5.56 Å². The molecular weight excluding hydrogens is 373 g/mol. The molecule has 1 aliphatic heterocycles. The summed E-state index contributed by atoms with van der Waals surface area (Å²) in [5, 5.41) is 4.46. The number of carbonyl (C=O) groups excluding carboxylic acids is 2. The van der Waals surface area contributed by atoms with E-state index in [0.717, 1.165) is 5.56 Å². The molecule has 2 aromatic rings. The molecular formula is C20H19F3N2O3. The Morgan fingerprint density at radius 3 is 2.50 bits per heavy atom. The summed E-state index contributed by atoms with van der Waals surface area (Å²) in [6.45, 7) is 2.52. The number of amides is 2. The van der Waals surface area contributed by atoms with Crippen molar-refractivity contribution in [2.75, 3.05) is 11.9 Å². The Hall–Kier alpha value is -3.03. The average Bonchev–Trinajstić information content (AvgIpc) is 2.93. The minimum Gasteiger partial charge on any atom is -0.489 e. The second-order valence-electron chi connectivity index (χ2n) is 6.67. The number of rotatable bonds is 4. The molecule has 3 rings (SSSR count). The van der Waals surface area contributed by atoms with Crippen molar-refractivity contribution >= 4 is 17.5 Å². The van der Waals surface area contributed by atoms with Crippen molar-refractivity contribution in [1.29, 1.82) is 0 Å². The molecule has 148 valence electrons. The number of fused-ring (bicyclic) bond motifs is 1. The van der Waals surface area contributed by atoms with Crippen LogP contribution in [-0.4, -0.2) is 30.6 Å². The van der Waals surface area contributed by atoms with Crippen LogP contribution in [0.15, 0.2) is 42.5 Å². The van der Waals surface area contributed by atoms with E-state index in [1.54, 1.807) is 23.5 Å². The van der Waals surface area contributed by atoms with Crippen LogP contribution in [0.5, 0.6) is 5.75 Å². The molecule has 0 radical (unpaired) electrons. The quantitative estimate of drug-likeness (QED) is 0.823. The first-order valence-electron chi connectivity index (χ1n) is 8.71. The maximum Gasteiger partial charge on any atom is 0.405 e. The van der Waals surface area contributed by atoms with E-state index in [1.807, 2.05) is 19.9 Å². The normalized spacial score (nSPS) is 18.2. The first-order valence-corrected chi connectivity index (χ1v) is 8.71. The summed E-state index contributed by atoms with van der Waals surface area (Å²) in [5.74, 6) is -0.617. The van der Waals surface area contributed by atoms with Crippen LogP contribution in [-0.2, 0) is 0 Å². The molecule has 8 heteroatoms. The van der Waals surface area contributed by atoms with Gasteiger partial charge < -0.3 is 15.4 Å². The molecule has 2 aromatic carbocycles. The molecule has 0 spiro atoms. The average molecular weight is 392 g/mol. The summed E-state index contributed by atoms with van der Waals surface area (Å²) in [5.41, 5.74) is 1.61. The van der Waals surface area contributed by atoms with E-state index in [2.05, 4.69) is 5.32 Å². The number of carbonyl (C=O) groups is 2. The largest absolute Gasteiger partial charge is 0.489 e. The first-order chi connectivity index (χ1) is 13.2. The lowest BCUT2D eigenvalue weighted by atomic mass is 9.97. The van der Waals surface area contributed by atoms with Crippen molar-refractivity contribution < 1.29 is 27.5 Å². The van der Waals surface area contributed by atoms with Crippen LogP contribution in [0.25, 0.3) is 0 Å². The summed E-state index contributed by atoms with van der Waals surface area (Å²) in [6.07, 6.45) is -4.55. The number of alkyl halides is 3. The maximum absolute atomic E-state index is 12.7. The van der Waals surface area contributed by atoms with Gasteiger partial charge in [0.25, 0.3) is 11.8 Å². The zero-order valence-corrected chi connectivity index (χ0v) is 15.3. The van der Waals surface area contributed by atoms with E-state index < -0.39 is 24.5 Å². The SMILES string of the molecule is CC1Oc2c(C(=O)Nc3cccc(C(=O)NCC(F)(F)F)c3)cccc2C1C. The van der Waals surface area contributed by atoms with Crippen molar-refractivity contribution in [3.8, 4) is 5.75 Å². The number of ether oxygens (including phenoxy) is 1. The molecule has 2 N–H and O–H groups in total. The number of halogens is 3. The number of nitrogens with one attached hydrogen (secondary N) is 2. The van der Waals surface area contributed by atoms with E-state index in [9.17, 15) is 22.8 Å². The van der Waals surface area contributed by atoms with E-state index in [4.69, 9.17) is 4.74 Å². The van der Waals surface area contributed by atoms with Crippen LogP contribution in [0.1, 0.15) is 46.0 Å². The molecule has 28 heavy (non-hydrogen) atoms. The monoisotopic (exact) mass is 392 g/mol. The Morgan fingerprint density at radius 1 is 1.07 bits per heavy atom. The van der Waals surface area contributed by atoms with Gasteiger partial charge in [-0.05, 0) is 31.2 Å². The van der Waals surface area contributed by atoms with Crippen molar-refractivity contribution in [1.82, 2.24) is 5.32 Å². The van der Waals surface area contributed by atoms with E-state index >= 15 is 0 Å². The third-order valence-electron chi connectivity index (χ3n) is 4.62. The summed E-state index contributed by atoms with van der Waals surface area (Å²) < 4.78 is 42.6. The Kier molecular flexibility index (Phi) is 5.31. The molecule has 2 amide bonds. The Balaban J connectivity index is 1.75. The highest BCUT2D eigenvalue weighted by atomic mass is 19.4. The second kappa shape index (κ2) is 7.53. The summed E-state index contributed by atoms with van der Waals surface area (Å²) >= 11 is 0. The van der Waals surface area contributed by atoms with Gasteiger partial charge in [0, 0.05) is 22.7 Å². The smallest absolute Gasteiger partial charge is 0.405 e. The van der Waals surface area contributed by atoms with Crippen LogP contribution < -0.4 is 15.4 Å². The van der Waals surface area contributed by atoms with Gasteiger partial charge >= 0.3 is 6.18 Å². The highest BCUT2D eigenvalue weighted by Gasteiger charge is 2.31. The molecule has 0 aliphatic carbocycles. The lowest BCUT2D eigenvalue weighted by Gasteiger charge is -2.11. The Labute approximate surface area is 159 Å². The van der Waals surface area contributed by atoms with Gasteiger partial charge in [-0.25, -0.2) is 0 Å². The third-order valence-corrected chi connectivity index (χ3v) is 4.62. The summed E-state index contributed by atoms with van der Waals surface area (Å²) in [7, 11) is 0. The number of anilines is 1. The zero-order chi connectivity index (χ0) is 20.5. The topological polar surface area (TPSA) is 67.4 Å². The van der Waals surface area contributed by atoms with E-state index in [0.29, 0.717) is 17.0 Å². The lowest BCUT2D eigenvalue weighted by Crippen LogP contribution is -2.33. The third kappa shape index (κ3) is 4.27. The van der Waals surface area contributed by atoms with Gasteiger partial charge in [0.2, 0.25) is 0 Å². The molecule has 0 fully saturated rings. The van der Waals surface area contributed by atoms with E-state index in [1.165, 1.54) is 18.2 Å². The Bertz CT molecular complexity index is 912. The van der Waals surface area contributed by atoms with Gasteiger partial charge in [0.15, 0.2) is 0 Å². The van der Waals surface area contributed by atoms with Crippen LogP contribution >= 0.6 is 0 Å². The standard InChI is InChI=1S/C20H19F3N2O3/c1-11-12(2)28-17-15(11)7-4-8-16(17)19(27)25-14-6-3-5-13(9-14)18(26)24-10-20(21,22)23/h3-9,11-12H,10H2,1-2H3,(H,24,26)(H,25,27). The van der Waals surface area contributed by atoms with Crippen molar-refractivity contribution in [3.05, 3.63) is 59.2 Å². The molecule has 0 aromatic heterocycles. The fourth-order valence-corrected chi connectivity index (χ4v) is 2.98. The van der Waals surface area contributed by atoms with Gasteiger partial charge in [-0.15, -0.1) is 0 Å². The minimum atomic E-state index is -4.50. The number of benzene rings is 2. The predicted octanol–water partition coefficient (Wildman–Crippen LogP) is 4.12. The predicted molar refractivity (Wildman–Crippen MR) is 97.7 cm³/mol. The molecule has 1 heterocycles. The highest BCUT2D eigenvalue weighted by molar-refractivity contribution is 6.07. The minimum absolute atomic E-state index is 0.0128. The van der Waals surface area contributed by atoms with Crippen molar-refractivity contribution in [2.45, 2.75) is 32.0 Å². The van der Waals surface area contributed by atoms with Gasteiger partial charge in [-0.3, -0.25) is 9.59 Å². The van der Waals surface area contributed by atoms with Gasteiger partial charge in [0.1, 0.15) is 18.4 Å². The van der Waals surface area contributed by atoms with Crippen molar-refractivity contribution in [2.24, 2.45) is 0 Å². The first kappa shape index (κ1) is 19.7. The van der Waals surface area contributed by atoms with Crippen LogP contribution in [0, 0.1) is 0 Å². The lowest BCUT2D eigenvalue weighted by molar-refractivity contribution is -0.123. The highest BCUT2D eigenvalue weighted by Crippen LogP contribution is 2.40. The van der Waals surface area contributed by atoms with Crippen LogP contribution in [0.3, 0.4) is 0 Å². The molecule has 0 bridgehead atoms. The summed E-state index contributed by atoms with van der Waals surface area (Å²) in [6, 6.07) is 11.0. The van der Waals surface area contributed by atoms with E-state index in [-0.39, 0.29) is 17.6 Å². The van der Waals surface area contributed by atoms with Crippen LogP contribution in [0.2, 0.25) is 0 Å². The molecule has 0 saturated carbocycles. The molecule has 5 nitrogen and oxygen atoms in total. The number of hydrogen-bond acceptors (Lipinski definition) is 3.